The number of allylic oxidation sites excluding steroid dienone is 15. The van der Waals surface area contributed by atoms with Crippen LogP contribution in [0.3, 0.4) is 0 Å². The van der Waals surface area contributed by atoms with E-state index in [4.69, 9.17) is 9.05 Å². The first-order valence-corrected chi connectivity index (χ1v) is 30.1. The van der Waals surface area contributed by atoms with Crippen molar-refractivity contribution in [1.29, 1.82) is 0 Å². The molecule has 0 bridgehead atoms. The van der Waals surface area contributed by atoms with Crippen molar-refractivity contribution >= 4 is 13.7 Å². The predicted molar refractivity (Wildman–Crippen MR) is 302 cm³/mol. The number of likely N-dealkylation sites (N-methyl/N-ethyl adjacent to an activating group) is 1. The Morgan fingerprint density at radius 3 is 1.33 bits per heavy atom. The Bertz CT molecular complexity index is 1460. The molecule has 0 aliphatic carbocycles. The zero-order valence-electron chi connectivity index (χ0n) is 45.9. The Morgan fingerprint density at radius 2 is 0.886 bits per heavy atom. The van der Waals surface area contributed by atoms with Gasteiger partial charge in [-0.2, -0.15) is 0 Å². The third-order valence-electron chi connectivity index (χ3n) is 12.3. The third kappa shape index (κ3) is 53.2. The summed E-state index contributed by atoms with van der Waals surface area (Å²) < 4.78 is 23.3. The highest BCUT2D eigenvalue weighted by atomic mass is 31.2. The number of phosphoric ester groups is 1. The summed E-state index contributed by atoms with van der Waals surface area (Å²) in [6.07, 6.45) is 73.4. The summed E-state index contributed by atoms with van der Waals surface area (Å²) in [5, 5.41) is 13.8. The van der Waals surface area contributed by atoms with Gasteiger partial charge < -0.3 is 28.8 Å². The Morgan fingerprint density at radius 1 is 0.514 bits per heavy atom. The molecule has 0 aliphatic rings. The van der Waals surface area contributed by atoms with Gasteiger partial charge in [0, 0.05) is 6.42 Å². The van der Waals surface area contributed by atoms with E-state index < -0.39 is 26.6 Å². The number of rotatable bonds is 51. The summed E-state index contributed by atoms with van der Waals surface area (Å²) in [4.78, 5) is 25.5. The summed E-state index contributed by atoms with van der Waals surface area (Å²) in [6, 6.07) is -0.910. The SMILES string of the molecule is CC/C=C\C/C=C\C/C=C\C/C=C\C/C=C\C/C=C\CCCCCCCCCCCCCCC(=O)NC(COP(=O)([O-])OCC[N+](C)(C)C)C(O)/C=C/CC/C=C/CCCCCCCCCCCCC. The van der Waals surface area contributed by atoms with Gasteiger partial charge in [0.1, 0.15) is 13.2 Å². The maximum atomic E-state index is 13.0. The number of aliphatic hydroxyl groups excluding tert-OH is 1. The molecule has 0 heterocycles. The monoisotopic (exact) mass is 997 g/mol. The first-order valence-electron chi connectivity index (χ1n) is 28.6. The van der Waals surface area contributed by atoms with E-state index in [1.54, 1.807) is 6.08 Å². The van der Waals surface area contributed by atoms with Crippen molar-refractivity contribution in [2.24, 2.45) is 0 Å². The Kier molecular flexibility index (Phi) is 49.4. The normalized spacial score (nSPS) is 14.7. The molecule has 0 aromatic rings. The summed E-state index contributed by atoms with van der Waals surface area (Å²) in [5.41, 5.74) is 0. The van der Waals surface area contributed by atoms with Gasteiger partial charge in [-0.15, -0.1) is 0 Å². The Balaban J connectivity index is 4.21. The van der Waals surface area contributed by atoms with Crippen molar-refractivity contribution in [3.63, 3.8) is 0 Å². The number of hydrogen-bond donors (Lipinski definition) is 2. The second kappa shape index (κ2) is 51.3. The number of phosphoric acid groups is 1. The molecule has 0 spiro atoms. The fourth-order valence-corrected chi connectivity index (χ4v) is 8.54. The summed E-state index contributed by atoms with van der Waals surface area (Å²) in [5.74, 6) is -0.213. The van der Waals surface area contributed by atoms with E-state index in [0.29, 0.717) is 17.4 Å². The lowest BCUT2D eigenvalue weighted by Gasteiger charge is -2.29. The molecular weight excluding hydrogens is 888 g/mol. The van der Waals surface area contributed by atoms with Crippen LogP contribution in [-0.2, 0) is 18.4 Å². The minimum absolute atomic E-state index is 0.0105. The van der Waals surface area contributed by atoms with Crippen molar-refractivity contribution in [3.8, 4) is 0 Å². The van der Waals surface area contributed by atoms with Crippen LogP contribution < -0.4 is 10.2 Å². The van der Waals surface area contributed by atoms with Gasteiger partial charge in [0.15, 0.2) is 0 Å². The second-order valence-corrected chi connectivity index (χ2v) is 21.7. The standard InChI is InChI=1S/C61H109N2O6P/c1-6-8-10-12-14-16-18-20-22-24-25-26-27-28-29-30-31-32-33-34-35-36-37-39-41-43-45-47-49-51-53-55-61(65)62-59(58-69-70(66,67)68-57-56-63(3,4)5)60(64)54-52-50-48-46-44-42-40-38-23-21-19-17-15-13-11-9-7-2/h8,10,14,16,20,22,25-26,28-29,31-32,44,46,52,54,59-60,64H,6-7,9,11-13,15,17-19,21,23-24,27,30,33-43,45,47-51,53,55-58H2,1-5H3,(H-,62,65,66,67)/b10-8-,16-14-,22-20-,26-25-,29-28-,32-31-,46-44+,54-52+. The lowest BCUT2D eigenvalue weighted by Crippen LogP contribution is -2.45. The molecule has 8 nitrogen and oxygen atoms in total. The average molecular weight is 998 g/mol. The van der Waals surface area contributed by atoms with Crippen LogP contribution in [0, 0.1) is 0 Å². The summed E-state index contributed by atoms with van der Waals surface area (Å²) >= 11 is 0. The molecule has 3 unspecified atom stereocenters. The molecule has 1 amide bonds. The Hall–Kier alpha value is -2.58. The second-order valence-electron chi connectivity index (χ2n) is 20.3. The van der Waals surface area contributed by atoms with Crippen LogP contribution in [0.5, 0.6) is 0 Å². The van der Waals surface area contributed by atoms with E-state index in [1.807, 2.05) is 27.2 Å². The fraction of sp³-hybridized carbons (Fsp3) is 0.721. The largest absolute Gasteiger partial charge is 0.756 e. The maximum Gasteiger partial charge on any atom is 0.268 e. The summed E-state index contributed by atoms with van der Waals surface area (Å²) in [6.45, 7) is 4.51. The minimum Gasteiger partial charge on any atom is -0.756 e. The van der Waals surface area contributed by atoms with Crippen molar-refractivity contribution in [2.75, 3.05) is 40.9 Å². The number of unbranched alkanes of at least 4 members (excludes halogenated alkanes) is 24. The predicted octanol–water partition coefficient (Wildman–Crippen LogP) is 16.8. The lowest BCUT2D eigenvalue weighted by atomic mass is 10.0. The highest BCUT2D eigenvalue weighted by Crippen LogP contribution is 2.38. The quantitative estimate of drug-likeness (QED) is 0.0272. The van der Waals surface area contributed by atoms with Gasteiger partial charge in [-0.25, -0.2) is 0 Å². The zero-order chi connectivity index (χ0) is 51.3. The molecule has 0 radical (unpaired) electrons. The van der Waals surface area contributed by atoms with Gasteiger partial charge in [-0.1, -0.05) is 239 Å². The maximum absolute atomic E-state index is 13.0. The number of carbonyl (C=O) groups is 1. The smallest absolute Gasteiger partial charge is 0.268 e. The zero-order valence-corrected chi connectivity index (χ0v) is 46.8. The van der Waals surface area contributed by atoms with E-state index >= 15 is 0 Å². The first kappa shape index (κ1) is 67.4. The molecule has 0 aromatic heterocycles. The first-order chi connectivity index (χ1) is 34.0. The number of nitrogens with zero attached hydrogens (tertiary/aromatic N) is 1. The van der Waals surface area contributed by atoms with E-state index in [9.17, 15) is 19.4 Å². The molecule has 0 saturated carbocycles. The van der Waals surface area contributed by atoms with Crippen molar-refractivity contribution in [2.45, 2.75) is 244 Å². The number of nitrogens with one attached hydrogen (secondary N) is 1. The molecule has 3 atom stereocenters. The van der Waals surface area contributed by atoms with E-state index in [1.165, 1.54) is 135 Å². The van der Waals surface area contributed by atoms with Gasteiger partial charge in [0.25, 0.3) is 7.82 Å². The molecule has 9 heteroatoms. The van der Waals surface area contributed by atoms with Gasteiger partial charge >= 0.3 is 0 Å². The molecule has 0 aliphatic heterocycles. The average Bonchev–Trinajstić information content (AvgIpc) is 3.32. The molecule has 2 N–H and O–H groups in total. The number of hydrogen-bond acceptors (Lipinski definition) is 6. The molecule has 404 valence electrons. The molecule has 70 heavy (non-hydrogen) atoms. The van der Waals surface area contributed by atoms with Gasteiger partial charge in [0.05, 0.1) is 39.9 Å². The van der Waals surface area contributed by atoms with Crippen LogP contribution in [0.15, 0.2) is 97.2 Å². The van der Waals surface area contributed by atoms with E-state index in [0.717, 1.165) is 77.0 Å². The highest BCUT2D eigenvalue weighted by molar-refractivity contribution is 7.45. The van der Waals surface area contributed by atoms with Crippen LogP contribution in [0.25, 0.3) is 0 Å². The van der Waals surface area contributed by atoms with Gasteiger partial charge in [-0.05, 0) is 83.5 Å². The van der Waals surface area contributed by atoms with Crippen LogP contribution in [0.1, 0.15) is 232 Å². The van der Waals surface area contributed by atoms with Gasteiger partial charge in [0.2, 0.25) is 5.91 Å². The number of amides is 1. The van der Waals surface area contributed by atoms with Crippen molar-refractivity contribution < 1.29 is 32.9 Å². The third-order valence-corrected chi connectivity index (χ3v) is 13.2. The number of aliphatic hydroxyl groups is 1. The van der Waals surface area contributed by atoms with Crippen molar-refractivity contribution in [3.05, 3.63) is 97.2 Å². The number of quaternary nitrogens is 1. The molecule has 0 saturated heterocycles. The van der Waals surface area contributed by atoms with Crippen molar-refractivity contribution in [1.82, 2.24) is 5.32 Å². The van der Waals surface area contributed by atoms with Crippen LogP contribution in [-0.4, -0.2) is 68.5 Å². The lowest BCUT2D eigenvalue weighted by molar-refractivity contribution is -0.870. The molecule has 0 rings (SSSR count). The topological polar surface area (TPSA) is 108 Å². The van der Waals surface area contributed by atoms with E-state index in [2.05, 4.69) is 104 Å². The highest BCUT2D eigenvalue weighted by Gasteiger charge is 2.23. The van der Waals surface area contributed by atoms with E-state index in [-0.39, 0.29) is 12.5 Å². The van der Waals surface area contributed by atoms with Crippen LogP contribution in [0.2, 0.25) is 0 Å². The number of carbonyl (C=O) groups excluding carboxylic acids is 1. The Labute approximate surface area is 432 Å². The summed E-state index contributed by atoms with van der Waals surface area (Å²) in [7, 11) is 1.23. The molecule has 0 fully saturated rings. The molecule has 0 aromatic carbocycles. The molecular formula is C61H109N2O6P. The minimum atomic E-state index is -4.61. The van der Waals surface area contributed by atoms with Gasteiger partial charge in [-0.3, -0.25) is 9.36 Å². The fourth-order valence-electron chi connectivity index (χ4n) is 7.82. The van der Waals surface area contributed by atoms with Crippen LogP contribution in [0.4, 0.5) is 0 Å². The van der Waals surface area contributed by atoms with Crippen LogP contribution >= 0.6 is 7.82 Å².